The summed E-state index contributed by atoms with van der Waals surface area (Å²) in [5.74, 6) is 0. The number of hydrogen-bond donors (Lipinski definition) is 0. The van der Waals surface area contributed by atoms with Crippen molar-refractivity contribution in [3.05, 3.63) is 0 Å². The summed E-state index contributed by atoms with van der Waals surface area (Å²) < 4.78 is 22.2. The Morgan fingerprint density at radius 1 is 0.667 bits per heavy atom. The number of hydrogen-bond acceptors (Lipinski definition) is 4. The monoisotopic (exact) mass is 252 g/mol. The molecule has 0 heterocycles. The fraction of sp³-hybridized carbons (Fsp3) is 1.00. The van der Waals surface area contributed by atoms with Gasteiger partial charge >= 0.3 is 17.1 Å². The molecule has 6 heteroatoms. The summed E-state index contributed by atoms with van der Waals surface area (Å²) in [7, 11) is 2.19. The highest BCUT2D eigenvalue weighted by atomic mass is 28.4. The largest absolute Gasteiger partial charge is 0.397 e. The highest BCUT2D eigenvalue weighted by Gasteiger charge is 2.61. The average Bonchev–Trinajstić information content (AvgIpc) is 2.26. The van der Waals surface area contributed by atoms with E-state index in [1.54, 1.807) is 28.4 Å². The van der Waals surface area contributed by atoms with Crippen LogP contribution in [0.3, 0.4) is 0 Å². The molecule has 0 aromatic rings. The Bertz CT molecular complexity index is 180. The Balaban J connectivity index is 5.25. The third-order valence-corrected chi connectivity index (χ3v) is 14.2. The van der Waals surface area contributed by atoms with Crippen molar-refractivity contribution in [3.63, 3.8) is 0 Å². The van der Waals surface area contributed by atoms with Gasteiger partial charge in [-0.2, -0.15) is 0 Å². The van der Waals surface area contributed by atoms with Gasteiger partial charge in [0.15, 0.2) is 0 Å². The van der Waals surface area contributed by atoms with E-state index in [4.69, 9.17) is 17.7 Å². The molecule has 15 heavy (non-hydrogen) atoms. The summed E-state index contributed by atoms with van der Waals surface area (Å²) in [6.07, 6.45) is 0. The van der Waals surface area contributed by atoms with Crippen molar-refractivity contribution in [3.8, 4) is 0 Å². The van der Waals surface area contributed by atoms with E-state index >= 15 is 0 Å². The van der Waals surface area contributed by atoms with Gasteiger partial charge in [-0.05, 0) is 13.1 Å². The smallest absolute Gasteiger partial charge is 0.342 e. The molecule has 0 atom stereocenters. The molecule has 0 bridgehead atoms. The molecule has 0 radical (unpaired) electrons. The van der Waals surface area contributed by atoms with E-state index in [9.17, 15) is 0 Å². The van der Waals surface area contributed by atoms with E-state index in [1.165, 1.54) is 0 Å². The van der Waals surface area contributed by atoms with E-state index < -0.39 is 17.1 Å². The van der Waals surface area contributed by atoms with Crippen molar-refractivity contribution in [1.82, 2.24) is 0 Å². The molecule has 0 saturated heterocycles. The SMILES string of the molecule is CO[Si](C)(OC)C(C)(C)[Si](C)(OC)OC. The average molecular weight is 252 g/mol. The minimum absolute atomic E-state index is 0.201. The minimum atomic E-state index is -2.29. The van der Waals surface area contributed by atoms with Gasteiger partial charge in [-0.15, -0.1) is 0 Å². The third kappa shape index (κ3) is 2.35. The van der Waals surface area contributed by atoms with Crippen LogP contribution >= 0.6 is 0 Å². The van der Waals surface area contributed by atoms with E-state index in [2.05, 4.69) is 13.8 Å². The van der Waals surface area contributed by atoms with Gasteiger partial charge in [-0.1, -0.05) is 13.8 Å². The Morgan fingerprint density at radius 3 is 1.00 bits per heavy atom. The van der Waals surface area contributed by atoms with Crippen molar-refractivity contribution in [2.75, 3.05) is 28.4 Å². The van der Waals surface area contributed by atoms with Crippen LogP contribution < -0.4 is 0 Å². The molecule has 0 aliphatic carbocycles. The van der Waals surface area contributed by atoms with Crippen LogP contribution in [-0.2, 0) is 17.7 Å². The molecular formula is C9H24O4Si2. The van der Waals surface area contributed by atoms with Gasteiger partial charge in [-0.3, -0.25) is 0 Å². The van der Waals surface area contributed by atoms with Crippen molar-refractivity contribution in [2.45, 2.75) is 31.6 Å². The van der Waals surface area contributed by atoms with Crippen LogP contribution in [0, 0.1) is 0 Å². The van der Waals surface area contributed by atoms with Crippen LogP contribution in [0.1, 0.15) is 13.8 Å². The second-order valence-corrected chi connectivity index (χ2v) is 12.7. The van der Waals surface area contributed by atoms with Gasteiger partial charge in [0.2, 0.25) is 0 Å². The Labute approximate surface area is 95.4 Å². The second kappa shape index (κ2) is 5.07. The van der Waals surface area contributed by atoms with E-state index in [-0.39, 0.29) is 4.66 Å². The predicted octanol–water partition coefficient (Wildman–Crippen LogP) is 2.04. The summed E-state index contributed by atoms with van der Waals surface area (Å²) in [6.45, 7) is 8.28. The first-order valence-corrected chi connectivity index (χ1v) is 9.58. The molecule has 0 rings (SSSR count). The van der Waals surface area contributed by atoms with Gasteiger partial charge in [0.05, 0.1) is 4.66 Å². The molecule has 0 saturated carbocycles. The molecule has 0 unspecified atom stereocenters. The first-order valence-electron chi connectivity index (χ1n) is 4.95. The molecule has 0 spiro atoms. The van der Waals surface area contributed by atoms with Gasteiger partial charge < -0.3 is 17.7 Å². The predicted molar refractivity (Wildman–Crippen MR) is 65.3 cm³/mol. The van der Waals surface area contributed by atoms with Gasteiger partial charge in [0, 0.05) is 28.4 Å². The van der Waals surface area contributed by atoms with Crippen molar-refractivity contribution in [1.29, 1.82) is 0 Å². The Hall–Kier alpha value is 0.274. The van der Waals surface area contributed by atoms with Crippen LogP contribution in [-0.4, -0.2) is 45.6 Å². The lowest BCUT2D eigenvalue weighted by molar-refractivity contribution is 0.190. The van der Waals surface area contributed by atoms with Crippen molar-refractivity contribution in [2.24, 2.45) is 0 Å². The second-order valence-electron chi connectivity index (χ2n) is 4.33. The molecule has 0 fully saturated rings. The van der Waals surface area contributed by atoms with Crippen molar-refractivity contribution >= 4 is 17.1 Å². The highest BCUT2D eigenvalue weighted by Crippen LogP contribution is 2.46. The maximum Gasteiger partial charge on any atom is 0.342 e. The molecule has 92 valence electrons. The molecule has 0 N–H and O–H groups in total. The summed E-state index contributed by atoms with van der Waals surface area (Å²) in [6, 6.07) is 0. The molecule has 0 amide bonds. The molecule has 0 aromatic carbocycles. The molecule has 0 aliphatic heterocycles. The first-order chi connectivity index (χ1) is 6.74. The zero-order valence-electron chi connectivity index (χ0n) is 11.1. The van der Waals surface area contributed by atoms with Crippen molar-refractivity contribution < 1.29 is 17.7 Å². The fourth-order valence-electron chi connectivity index (χ4n) is 1.60. The summed E-state index contributed by atoms with van der Waals surface area (Å²) >= 11 is 0. The number of rotatable bonds is 6. The molecule has 0 aliphatic rings. The van der Waals surface area contributed by atoms with Crippen LogP contribution in [0.2, 0.25) is 17.8 Å². The maximum absolute atomic E-state index is 5.59. The van der Waals surface area contributed by atoms with Crippen LogP contribution in [0.25, 0.3) is 0 Å². The normalized spacial score (nSPS) is 14.4. The lowest BCUT2D eigenvalue weighted by Gasteiger charge is -2.46. The zero-order valence-corrected chi connectivity index (χ0v) is 13.1. The van der Waals surface area contributed by atoms with E-state index in [0.29, 0.717) is 0 Å². The minimum Gasteiger partial charge on any atom is -0.397 e. The fourth-order valence-corrected chi connectivity index (χ4v) is 8.50. The molecular weight excluding hydrogens is 228 g/mol. The highest BCUT2D eigenvalue weighted by molar-refractivity contribution is 6.89. The standard InChI is InChI=1S/C9H24O4Si2/c1-9(2,14(7,10-3)11-4)15(8,12-5)13-6/h1-8H3. The summed E-state index contributed by atoms with van der Waals surface area (Å²) in [4.78, 5) is 0. The lowest BCUT2D eigenvalue weighted by Crippen LogP contribution is -2.62. The lowest BCUT2D eigenvalue weighted by atomic mass is 10.5. The van der Waals surface area contributed by atoms with Gasteiger partial charge in [0.1, 0.15) is 0 Å². The summed E-state index contributed by atoms with van der Waals surface area (Å²) in [5.41, 5.74) is 0. The zero-order chi connectivity index (χ0) is 12.3. The van der Waals surface area contributed by atoms with Gasteiger partial charge in [0.25, 0.3) is 0 Å². The van der Waals surface area contributed by atoms with Gasteiger partial charge in [-0.25, -0.2) is 0 Å². The Morgan fingerprint density at radius 2 is 0.867 bits per heavy atom. The topological polar surface area (TPSA) is 36.9 Å². The molecule has 0 aromatic heterocycles. The van der Waals surface area contributed by atoms with Crippen LogP contribution in [0.4, 0.5) is 0 Å². The van der Waals surface area contributed by atoms with Crippen LogP contribution in [0.15, 0.2) is 0 Å². The molecule has 4 nitrogen and oxygen atoms in total. The quantitative estimate of drug-likeness (QED) is 0.678. The van der Waals surface area contributed by atoms with E-state index in [1.807, 2.05) is 13.1 Å². The van der Waals surface area contributed by atoms with E-state index in [0.717, 1.165) is 0 Å². The maximum atomic E-state index is 5.59. The summed E-state index contributed by atoms with van der Waals surface area (Å²) in [5, 5.41) is 0. The third-order valence-electron chi connectivity index (χ3n) is 3.83. The Kier molecular flexibility index (Phi) is 5.16. The van der Waals surface area contributed by atoms with Crippen LogP contribution in [0.5, 0.6) is 0 Å². The first kappa shape index (κ1) is 15.3.